The summed E-state index contributed by atoms with van der Waals surface area (Å²) in [6.45, 7) is 2.05. The van der Waals surface area contributed by atoms with E-state index >= 15 is 0 Å². The van der Waals surface area contributed by atoms with Crippen LogP contribution in [0.2, 0.25) is 0 Å². The summed E-state index contributed by atoms with van der Waals surface area (Å²) in [6.07, 6.45) is 0.832. The number of nitrogens with zero attached hydrogens (tertiary/aromatic N) is 2. The monoisotopic (exact) mass is 366 g/mol. The number of aldehydes is 1. The van der Waals surface area contributed by atoms with Crippen molar-refractivity contribution in [1.82, 2.24) is 4.31 Å². The predicted octanol–water partition coefficient (Wildman–Crippen LogP) is 2.08. The number of benzene rings is 1. The number of carbonyl (C=O) groups is 1. The molecule has 1 fully saturated rings. The van der Waals surface area contributed by atoms with Gasteiger partial charge in [-0.05, 0) is 36.4 Å². The minimum atomic E-state index is -3.49. The highest BCUT2D eigenvalue weighted by molar-refractivity contribution is 7.89. The maximum absolute atomic E-state index is 12.7. The number of ether oxygens (including phenoxy) is 1. The summed E-state index contributed by atoms with van der Waals surface area (Å²) in [4.78, 5) is 13.8. The van der Waals surface area contributed by atoms with E-state index in [4.69, 9.17) is 4.74 Å². The van der Waals surface area contributed by atoms with Crippen LogP contribution in [0.4, 0.5) is 5.00 Å². The smallest absolute Gasteiger partial charge is 0.243 e. The summed E-state index contributed by atoms with van der Waals surface area (Å²) in [6, 6.07) is 10.1. The molecule has 1 aromatic heterocycles. The van der Waals surface area contributed by atoms with Crippen LogP contribution >= 0.6 is 11.3 Å². The van der Waals surface area contributed by atoms with Crippen LogP contribution in [0, 0.1) is 0 Å². The molecule has 24 heavy (non-hydrogen) atoms. The Morgan fingerprint density at radius 1 is 1.04 bits per heavy atom. The zero-order valence-electron chi connectivity index (χ0n) is 13.2. The number of hydrogen-bond donors (Lipinski definition) is 0. The van der Waals surface area contributed by atoms with Gasteiger partial charge in [-0.25, -0.2) is 8.42 Å². The van der Waals surface area contributed by atoms with Crippen LogP contribution < -0.4 is 9.64 Å². The molecule has 0 atom stereocenters. The van der Waals surface area contributed by atoms with Crippen molar-refractivity contribution < 1.29 is 17.9 Å². The molecule has 2 aromatic rings. The van der Waals surface area contributed by atoms with Crippen LogP contribution in [0.3, 0.4) is 0 Å². The van der Waals surface area contributed by atoms with Crippen molar-refractivity contribution in [2.45, 2.75) is 4.90 Å². The van der Waals surface area contributed by atoms with Gasteiger partial charge in [0.2, 0.25) is 10.0 Å². The second-order valence-corrected chi connectivity index (χ2v) is 8.39. The van der Waals surface area contributed by atoms with Crippen LogP contribution in [0.5, 0.6) is 5.75 Å². The molecule has 0 N–H and O–H groups in total. The van der Waals surface area contributed by atoms with E-state index in [-0.39, 0.29) is 4.90 Å². The molecule has 1 aromatic carbocycles. The van der Waals surface area contributed by atoms with E-state index in [1.165, 1.54) is 15.6 Å². The van der Waals surface area contributed by atoms with Crippen LogP contribution in [-0.2, 0) is 10.0 Å². The lowest BCUT2D eigenvalue weighted by atomic mass is 10.3. The lowest BCUT2D eigenvalue weighted by molar-refractivity contribution is 0.112. The number of thiophene rings is 1. The minimum Gasteiger partial charge on any atom is -0.497 e. The highest BCUT2D eigenvalue weighted by atomic mass is 32.2. The number of methoxy groups -OCH3 is 1. The van der Waals surface area contributed by atoms with Crippen LogP contribution in [0.15, 0.2) is 41.3 Å². The Kier molecular flexibility index (Phi) is 4.88. The number of rotatable bonds is 5. The zero-order chi connectivity index (χ0) is 17.2. The molecule has 0 aliphatic carbocycles. The largest absolute Gasteiger partial charge is 0.497 e. The van der Waals surface area contributed by atoms with E-state index in [2.05, 4.69) is 4.90 Å². The van der Waals surface area contributed by atoms with Crippen molar-refractivity contribution in [3.8, 4) is 5.75 Å². The van der Waals surface area contributed by atoms with E-state index in [0.717, 1.165) is 11.3 Å². The van der Waals surface area contributed by atoms with Crippen molar-refractivity contribution in [2.24, 2.45) is 0 Å². The van der Waals surface area contributed by atoms with Gasteiger partial charge in [-0.3, -0.25) is 4.79 Å². The molecule has 1 saturated heterocycles. The highest BCUT2D eigenvalue weighted by Crippen LogP contribution is 2.27. The maximum atomic E-state index is 12.7. The molecule has 2 heterocycles. The zero-order valence-corrected chi connectivity index (χ0v) is 14.8. The fourth-order valence-corrected chi connectivity index (χ4v) is 4.92. The highest BCUT2D eigenvalue weighted by Gasteiger charge is 2.28. The average molecular weight is 366 g/mol. The van der Waals surface area contributed by atoms with Gasteiger partial charge in [0.05, 0.1) is 21.9 Å². The molecule has 3 rings (SSSR count). The Labute approximate surface area is 145 Å². The van der Waals surface area contributed by atoms with Gasteiger partial charge in [-0.2, -0.15) is 4.31 Å². The first-order chi connectivity index (χ1) is 11.5. The van der Waals surface area contributed by atoms with E-state index in [9.17, 15) is 13.2 Å². The van der Waals surface area contributed by atoms with Crippen molar-refractivity contribution in [3.05, 3.63) is 41.3 Å². The van der Waals surface area contributed by atoms with E-state index in [1.807, 2.05) is 6.07 Å². The molecule has 8 heteroatoms. The Bertz CT molecular complexity index is 807. The summed E-state index contributed by atoms with van der Waals surface area (Å²) in [5.74, 6) is 0.627. The summed E-state index contributed by atoms with van der Waals surface area (Å²) in [5.41, 5.74) is 0. The molecule has 0 saturated carbocycles. The molecule has 128 valence electrons. The molecule has 1 aliphatic rings. The quantitative estimate of drug-likeness (QED) is 0.758. The van der Waals surface area contributed by atoms with Crippen LogP contribution in [0.1, 0.15) is 9.67 Å². The van der Waals surface area contributed by atoms with Gasteiger partial charge < -0.3 is 9.64 Å². The van der Waals surface area contributed by atoms with Gasteiger partial charge in [-0.15, -0.1) is 11.3 Å². The summed E-state index contributed by atoms with van der Waals surface area (Å²) in [7, 11) is -1.95. The maximum Gasteiger partial charge on any atom is 0.243 e. The lowest BCUT2D eigenvalue weighted by Crippen LogP contribution is -2.48. The standard InChI is InChI=1S/C16H18N2O4S2/c1-22-13-2-5-15(6-3-13)24(20,21)18-10-8-17(9-11-18)16-7-4-14(12-19)23-16/h2-7,12H,8-11H2,1H3. The van der Waals surface area contributed by atoms with E-state index < -0.39 is 10.0 Å². The normalized spacial score (nSPS) is 16.1. The Balaban J connectivity index is 1.69. The summed E-state index contributed by atoms with van der Waals surface area (Å²) in [5, 5.41) is 0.999. The lowest BCUT2D eigenvalue weighted by Gasteiger charge is -2.34. The number of hydrogen-bond acceptors (Lipinski definition) is 6. The molecule has 0 radical (unpaired) electrons. The second kappa shape index (κ2) is 6.92. The second-order valence-electron chi connectivity index (χ2n) is 5.36. The molecule has 0 bridgehead atoms. The Morgan fingerprint density at radius 3 is 2.25 bits per heavy atom. The van der Waals surface area contributed by atoms with Gasteiger partial charge in [-0.1, -0.05) is 0 Å². The Morgan fingerprint density at radius 2 is 1.71 bits per heavy atom. The number of piperazine rings is 1. The van der Waals surface area contributed by atoms with Crippen molar-refractivity contribution >= 4 is 32.6 Å². The first kappa shape index (κ1) is 16.9. The fourth-order valence-electron chi connectivity index (χ4n) is 2.62. The molecule has 0 spiro atoms. The number of sulfonamides is 1. The van der Waals surface area contributed by atoms with Gasteiger partial charge in [0.25, 0.3) is 0 Å². The average Bonchev–Trinajstić information content (AvgIpc) is 3.11. The topological polar surface area (TPSA) is 66.9 Å². The third-order valence-electron chi connectivity index (χ3n) is 3.98. The van der Waals surface area contributed by atoms with Gasteiger partial charge >= 0.3 is 0 Å². The van der Waals surface area contributed by atoms with Crippen LogP contribution in [0.25, 0.3) is 0 Å². The van der Waals surface area contributed by atoms with Crippen molar-refractivity contribution in [2.75, 3.05) is 38.2 Å². The predicted molar refractivity (Wildman–Crippen MR) is 93.7 cm³/mol. The molecule has 6 nitrogen and oxygen atoms in total. The van der Waals surface area contributed by atoms with Crippen molar-refractivity contribution in [3.63, 3.8) is 0 Å². The molecule has 0 unspecified atom stereocenters. The third-order valence-corrected chi connectivity index (χ3v) is 6.96. The SMILES string of the molecule is COc1ccc(S(=O)(=O)N2CCN(c3ccc(C=O)s3)CC2)cc1. The minimum absolute atomic E-state index is 0.274. The molecular formula is C16H18N2O4S2. The molecular weight excluding hydrogens is 348 g/mol. The summed E-state index contributed by atoms with van der Waals surface area (Å²) < 4.78 is 32.0. The number of anilines is 1. The first-order valence-corrected chi connectivity index (χ1v) is 9.74. The Hall–Kier alpha value is -1.90. The molecule has 1 aliphatic heterocycles. The van der Waals surface area contributed by atoms with Crippen molar-refractivity contribution in [1.29, 1.82) is 0 Å². The third kappa shape index (κ3) is 3.31. The van der Waals surface area contributed by atoms with Crippen LogP contribution in [-0.4, -0.2) is 52.3 Å². The molecule has 0 amide bonds. The fraction of sp³-hybridized carbons (Fsp3) is 0.312. The number of carbonyl (C=O) groups excluding carboxylic acids is 1. The van der Waals surface area contributed by atoms with Gasteiger partial charge in [0, 0.05) is 26.2 Å². The summed E-state index contributed by atoms with van der Waals surface area (Å²) >= 11 is 1.42. The van der Waals surface area contributed by atoms with E-state index in [1.54, 1.807) is 37.4 Å². The van der Waals surface area contributed by atoms with E-state index in [0.29, 0.717) is 36.8 Å². The first-order valence-electron chi connectivity index (χ1n) is 7.49. The van der Waals surface area contributed by atoms with Gasteiger partial charge in [0.15, 0.2) is 6.29 Å². The van der Waals surface area contributed by atoms with Gasteiger partial charge in [0.1, 0.15) is 5.75 Å².